The normalized spacial score (nSPS) is 27.5. The van der Waals surface area contributed by atoms with Crippen LogP contribution in [0.5, 0.6) is 0 Å². The maximum absolute atomic E-state index is 9.47. The first kappa shape index (κ1) is 11.7. The van der Waals surface area contributed by atoms with Crippen molar-refractivity contribution in [2.75, 3.05) is 6.61 Å². The smallest absolute Gasteiger partial charge is 0.163 e. The molecule has 1 heterocycles. The predicted octanol–water partition coefficient (Wildman–Crippen LogP) is 1.86. The summed E-state index contributed by atoms with van der Waals surface area (Å²) in [5.41, 5.74) is 0. The van der Waals surface area contributed by atoms with Crippen LogP contribution < -0.4 is 0 Å². The number of hydrogen-bond acceptors (Lipinski definition) is 3. The molecule has 0 saturated carbocycles. The third kappa shape index (κ3) is 3.78. The minimum absolute atomic E-state index is 0.129. The van der Waals surface area contributed by atoms with Gasteiger partial charge in [0, 0.05) is 0 Å². The molecule has 1 rings (SSSR count). The van der Waals surface area contributed by atoms with Crippen LogP contribution in [0.2, 0.25) is 0 Å². The van der Waals surface area contributed by atoms with Crippen LogP contribution >= 0.6 is 0 Å². The summed E-state index contributed by atoms with van der Waals surface area (Å²) in [7, 11) is 0. The highest BCUT2D eigenvalue weighted by molar-refractivity contribution is 4.76. The molecule has 0 aromatic rings. The summed E-state index contributed by atoms with van der Waals surface area (Å²) < 4.78 is 11.0. The van der Waals surface area contributed by atoms with E-state index in [9.17, 15) is 5.11 Å². The van der Waals surface area contributed by atoms with E-state index in [1.807, 2.05) is 13.8 Å². The van der Waals surface area contributed by atoms with Crippen LogP contribution in [-0.4, -0.2) is 29.7 Å². The fraction of sp³-hybridized carbons (Fsp3) is 0.818. The van der Waals surface area contributed by atoms with Gasteiger partial charge in [0.2, 0.25) is 0 Å². The lowest BCUT2D eigenvalue weighted by atomic mass is 10.1. The Hall–Kier alpha value is -0.380. The van der Waals surface area contributed by atoms with Gasteiger partial charge in [-0.15, -0.1) is 6.58 Å². The van der Waals surface area contributed by atoms with E-state index < -0.39 is 5.79 Å². The van der Waals surface area contributed by atoms with E-state index in [4.69, 9.17) is 9.47 Å². The monoisotopic (exact) mass is 200 g/mol. The predicted molar refractivity (Wildman–Crippen MR) is 55.0 cm³/mol. The summed E-state index contributed by atoms with van der Waals surface area (Å²) >= 11 is 0. The highest BCUT2D eigenvalue weighted by atomic mass is 16.7. The van der Waals surface area contributed by atoms with Gasteiger partial charge in [0.1, 0.15) is 0 Å². The van der Waals surface area contributed by atoms with Gasteiger partial charge in [-0.25, -0.2) is 0 Å². The number of hydrogen-bond donors (Lipinski definition) is 1. The summed E-state index contributed by atoms with van der Waals surface area (Å²) in [6.45, 7) is 8.04. The Morgan fingerprint density at radius 2 is 2.36 bits per heavy atom. The van der Waals surface area contributed by atoms with Crippen molar-refractivity contribution in [2.45, 2.75) is 51.1 Å². The summed E-state index contributed by atoms with van der Waals surface area (Å²) in [6.07, 6.45) is 3.82. The Bertz CT molecular complexity index is 189. The Labute approximate surface area is 85.7 Å². The molecule has 82 valence electrons. The van der Waals surface area contributed by atoms with Crippen molar-refractivity contribution in [3.8, 4) is 0 Å². The molecule has 1 N–H and O–H groups in total. The first-order valence-electron chi connectivity index (χ1n) is 5.14. The highest BCUT2D eigenvalue weighted by Crippen LogP contribution is 2.25. The second-order valence-corrected chi connectivity index (χ2v) is 4.21. The molecule has 2 atom stereocenters. The van der Waals surface area contributed by atoms with E-state index in [1.165, 1.54) is 0 Å². The first-order valence-corrected chi connectivity index (χ1v) is 5.14. The highest BCUT2D eigenvalue weighted by Gasteiger charge is 2.32. The van der Waals surface area contributed by atoms with E-state index in [0.29, 0.717) is 13.0 Å². The molecule has 1 fully saturated rings. The van der Waals surface area contributed by atoms with E-state index in [0.717, 1.165) is 12.8 Å². The fourth-order valence-electron chi connectivity index (χ4n) is 1.59. The molecule has 0 bridgehead atoms. The molecule has 3 heteroatoms. The van der Waals surface area contributed by atoms with Crippen molar-refractivity contribution in [1.82, 2.24) is 0 Å². The molecular formula is C11H20O3. The number of ether oxygens (including phenoxy) is 2. The second-order valence-electron chi connectivity index (χ2n) is 4.21. The quantitative estimate of drug-likeness (QED) is 0.688. The van der Waals surface area contributed by atoms with E-state index >= 15 is 0 Å². The van der Waals surface area contributed by atoms with Crippen molar-refractivity contribution in [3.05, 3.63) is 12.7 Å². The van der Waals surface area contributed by atoms with Crippen LogP contribution in [0.1, 0.15) is 33.1 Å². The molecule has 14 heavy (non-hydrogen) atoms. The first-order chi connectivity index (χ1) is 6.53. The van der Waals surface area contributed by atoms with Crippen molar-refractivity contribution < 1.29 is 14.6 Å². The van der Waals surface area contributed by atoms with Crippen LogP contribution in [0.3, 0.4) is 0 Å². The van der Waals surface area contributed by atoms with Crippen molar-refractivity contribution in [3.63, 3.8) is 0 Å². The Balaban J connectivity index is 2.17. The lowest BCUT2D eigenvalue weighted by Gasteiger charge is -2.17. The standard InChI is InChI=1S/C11H20O3/c1-4-5-9(12)6-7-10-8-13-11(2,3)14-10/h4,9-10,12H,1,5-8H2,2-3H3/t9-,10+/m1/s1. The zero-order chi connectivity index (χ0) is 10.6. The average Bonchev–Trinajstić information content (AvgIpc) is 2.43. The minimum atomic E-state index is -0.450. The van der Waals surface area contributed by atoms with Crippen LogP contribution in [0.25, 0.3) is 0 Å². The fourth-order valence-corrected chi connectivity index (χ4v) is 1.59. The minimum Gasteiger partial charge on any atom is -0.393 e. The zero-order valence-electron chi connectivity index (χ0n) is 9.03. The molecule has 1 saturated heterocycles. The lowest BCUT2D eigenvalue weighted by molar-refractivity contribution is -0.139. The van der Waals surface area contributed by atoms with Gasteiger partial charge in [-0.2, -0.15) is 0 Å². The number of aliphatic hydroxyl groups is 1. The SMILES string of the molecule is C=CC[C@@H](O)CC[C@H]1COC(C)(C)O1. The van der Waals surface area contributed by atoms with Gasteiger partial charge in [-0.05, 0) is 33.1 Å². The summed E-state index contributed by atoms with van der Waals surface area (Å²) in [5, 5.41) is 9.47. The van der Waals surface area contributed by atoms with E-state index in [-0.39, 0.29) is 12.2 Å². The van der Waals surface area contributed by atoms with Crippen molar-refractivity contribution >= 4 is 0 Å². The Kier molecular flexibility index (Phi) is 4.11. The maximum atomic E-state index is 9.47. The van der Waals surface area contributed by atoms with Crippen LogP contribution in [0.4, 0.5) is 0 Å². The van der Waals surface area contributed by atoms with Crippen molar-refractivity contribution in [2.24, 2.45) is 0 Å². The second kappa shape index (κ2) is 4.91. The molecule has 0 unspecified atom stereocenters. The van der Waals surface area contributed by atoms with Crippen LogP contribution in [-0.2, 0) is 9.47 Å². The molecule has 0 radical (unpaired) electrons. The van der Waals surface area contributed by atoms with Gasteiger partial charge >= 0.3 is 0 Å². The third-order valence-corrected chi connectivity index (χ3v) is 2.33. The molecule has 0 aliphatic carbocycles. The molecule has 0 aromatic heterocycles. The third-order valence-electron chi connectivity index (χ3n) is 2.33. The number of rotatable bonds is 5. The molecule has 1 aliphatic heterocycles. The van der Waals surface area contributed by atoms with Crippen LogP contribution in [0.15, 0.2) is 12.7 Å². The molecule has 0 spiro atoms. The molecule has 1 aliphatic rings. The molecular weight excluding hydrogens is 180 g/mol. The van der Waals surface area contributed by atoms with Gasteiger partial charge < -0.3 is 14.6 Å². The van der Waals surface area contributed by atoms with Crippen LogP contribution in [0, 0.1) is 0 Å². The molecule has 0 amide bonds. The zero-order valence-corrected chi connectivity index (χ0v) is 9.03. The van der Waals surface area contributed by atoms with E-state index in [2.05, 4.69) is 6.58 Å². The summed E-state index contributed by atoms with van der Waals surface area (Å²) in [5.74, 6) is -0.450. The summed E-state index contributed by atoms with van der Waals surface area (Å²) in [4.78, 5) is 0. The average molecular weight is 200 g/mol. The van der Waals surface area contributed by atoms with Gasteiger partial charge in [0.15, 0.2) is 5.79 Å². The van der Waals surface area contributed by atoms with Gasteiger partial charge in [0.05, 0.1) is 18.8 Å². The Morgan fingerprint density at radius 1 is 1.64 bits per heavy atom. The largest absolute Gasteiger partial charge is 0.393 e. The Morgan fingerprint density at radius 3 is 2.86 bits per heavy atom. The van der Waals surface area contributed by atoms with E-state index in [1.54, 1.807) is 6.08 Å². The topological polar surface area (TPSA) is 38.7 Å². The van der Waals surface area contributed by atoms with Gasteiger partial charge in [0.25, 0.3) is 0 Å². The van der Waals surface area contributed by atoms with Gasteiger partial charge in [-0.3, -0.25) is 0 Å². The number of aliphatic hydroxyl groups excluding tert-OH is 1. The van der Waals surface area contributed by atoms with Gasteiger partial charge in [-0.1, -0.05) is 6.08 Å². The summed E-state index contributed by atoms with van der Waals surface area (Å²) in [6, 6.07) is 0. The maximum Gasteiger partial charge on any atom is 0.163 e. The lowest BCUT2D eigenvalue weighted by Crippen LogP contribution is -2.22. The molecule has 0 aromatic carbocycles. The van der Waals surface area contributed by atoms with Crippen molar-refractivity contribution in [1.29, 1.82) is 0 Å². The molecule has 3 nitrogen and oxygen atoms in total.